The molecule has 2 aromatic rings. The summed E-state index contributed by atoms with van der Waals surface area (Å²) in [5, 5.41) is 13.7. The van der Waals surface area contributed by atoms with Crippen molar-refractivity contribution >= 4 is 28.9 Å². The molecule has 8 heteroatoms. The van der Waals surface area contributed by atoms with E-state index in [-0.39, 0.29) is 22.3 Å². The van der Waals surface area contributed by atoms with Gasteiger partial charge in [-0.3, -0.25) is 19.8 Å². The minimum absolute atomic E-state index is 0.138. The second kappa shape index (κ2) is 7.26. The Hall–Kier alpha value is -2.38. The van der Waals surface area contributed by atoms with Gasteiger partial charge in [-0.1, -0.05) is 11.6 Å². The second-order valence-electron chi connectivity index (χ2n) is 5.08. The fourth-order valence-corrected chi connectivity index (χ4v) is 2.11. The molecule has 0 radical (unpaired) electrons. The number of amides is 1. The number of nitro benzene ring substituents is 1. The number of carbonyl (C=O) groups is 1. The number of benzene rings is 1. The maximum Gasteiger partial charge on any atom is 0.271 e. The zero-order valence-corrected chi connectivity index (χ0v) is 13.4. The minimum atomic E-state index is -0.543. The number of halogens is 1. The monoisotopic (exact) mass is 337 g/mol. The molecule has 1 atom stereocenters. The Labute approximate surface area is 138 Å². The van der Waals surface area contributed by atoms with Crippen LogP contribution in [-0.2, 0) is 11.3 Å². The number of rotatable bonds is 6. The van der Waals surface area contributed by atoms with Gasteiger partial charge in [0, 0.05) is 12.1 Å². The molecular weight excluding hydrogens is 322 g/mol. The van der Waals surface area contributed by atoms with Crippen molar-refractivity contribution < 1.29 is 14.1 Å². The Morgan fingerprint density at radius 2 is 2.22 bits per heavy atom. The topological polar surface area (TPSA) is 88.6 Å². The number of carbonyl (C=O) groups excluding carboxylic acids is 1. The standard InChI is InChI=1S/C15H16ClN3O4/c1-10(18(2)9-12-4-3-7-23-12)15(20)17-14-8-11(19(21)22)5-6-13(14)16/h3-8,10H,9H2,1-2H3,(H,17,20). The van der Waals surface area contributed by atoms with E-state index in [1.807, 2.05) is 6.07 Å². The minimum Gasteiger partial charge on any atom is -0.468 e. The highest BCUT2D eigenvalue weighted by Crippen LogP contribution is 2.27. The van der Waals surface area contributed by atoms with Gasteiger partial charge in [0.2, 0.25) is 5.91 Å². The van der Waals surface area contributed by atoms with Crippen LogP contribution >= 0.6 is 11.6 Å². The van der Waals surface area contributed by atoms with E-state index in [1.165, 1.54) is 18.2 Å². The van der Waals surface area contributed by atoms with Crippen LogP contribution in [0.25, 0.3) is 0 Å². The van der Waals surface area contributed by atoms with Gasteiger partial charge in [-0.15, -0.1) is 0 Å². The van der Waals surface area contributed by atoms with Crippen LogP contribution in [0.5, 0.6) is 0 Å². The van der Waals surface area contributed by atoms with Gasteiger partial charge in [0.15, 0.2) is 0 Å². The molecule has 23 heavy (non-hydrogen) atoms. The number of nitrogens with zero attached hydrogens (tertiary/aromatic N) is 2. The third-order valence-electron chi connectivity index (χ3n) is 3.44. The van der Waals surface area contributed by atoms with Crippen LogP contribution in [0.3, 0.4) is 0 Å². The molecule has 7 nitrogen and oxygen atoms in total. The molecule has 0 saturated carbocycles. The number of nitrogens with one attached hydrogen (secondary N) is 1. The molecule has 0 aliphatic heterocycles. The van der Waals surface area contributed by atoms with E-state index in [2.05, 4.69) is 5.32 Å². The fraction of sp³-hybridized carbons (Fsp3) is 0.267. The van der Waals surface area contributed by atoms with Crippen molar-refractivity contribution in [3.8, 4) is 0 Å². The molecule has 0 fully saturated rings. The predicted octanol–water partition coefficient (Wildman–Crippen LogP) is 3.30. The van der Waals surface area contributed by atoms with Crippen LogP contribution < -0.4 is 5.32 Å². The lowest BCUT2D eigenvalue weighted by molar-refractivity contribution is -0.384. The zero-order chi connectivity index (χ0) is 17.0. The highest BCUT2D eigenvalue weighted by atomic mass is 35.5. The molecule has 1 N–H and O–H groups in total. The van der Waals surface area contributed by atoms with Crippen molar-refractivity contribution in [2.24, 2.45) is 0 Å². The molecule has 0 saturated heterocycles. The lowest BCUT2D eigenvalue weighted by Gasteiger charge is -2.23. The molecule has 0 aliphatic carbocycles. The third-order valence-corrected chi connectivity index (χ3v) is 3.77. The van der Waals surface area contributed by atoms with E-state index >= 15 is 0 Å². The van der Waals surface area contributed by atoms with E-state index in [0.29, 0.717) is 6.54 Å². The Bertz CT molecular complexity index is 703. The number of non-ortho nitro benzene ring substituents is 1. The van der Waals surface area contributed by atoms with Crippen molar-refractivity contribution in [1.29, 1.82) is 0 Å². The number of hydrogen-bond donors (Lipinski definition) is 1. The lowest BCUT2D eigenvalue weighted by atomic mass is 10.2. The van der Waals surface area contributed by atoms with Crippen LogP contribution in [0, 0.1) is 10.1 Å². The van der Waals surface area contributed by atoms with E-state index in [0.717, 1.165) is 5.76 Å². The SMILES string of the molecule is CC(C(=O)Nc1cc([N+](=O)[O-])ccc1Cl)N(C)Cc1ccco1. The first kappa shape index (κ1) is 17.0. The summed E-state index contributed by atoms with van der Waals surface area (Å²) in [6, 6.07) is 7.02. The zero-order valence-electron chi connectivity index (χ0n) is 12.7. The molecule has 1 aromatic heterocycles. The number of hydrogen-bond acceptors (Lipinski definition) is 5. The summed E-state index contributed by atoms with van der Waals surface area (Å²) in [6.07, 6.45) is 1.57. The Balaban J connectivity index is 2.05. The molecule has 2 rings (SSSR count). The van der Waals surface area contributed by atoms with Crippen molar-refractivity contribution in [1.82, 2.24) is 4.90 Å². The summed E-state index contributed by atoms with van der Waals surface area (Å²) < 4.78 is 5.24. The van der Waals surface area contributed by atoms with Gasteiger partial charge in [-0.2, -0.15) is 0 Å². The van der Waals surface area contributed by atoms with E-state index in [1.54, 1.807) is 31.2 Å². The Kier molecular flexibility index (Phi) is 5.36. The molecule has 0 spiro atoms. The van der Waals surface area contributed by atoms with Crippen LogP contribution in [0.4, 0.5) is 11.4 Å². The summed E-state index contributed by atoms with van der Waals surface area (Å²) in [7, 11) is 1.78. The summed E-state index contributed by atoms with van der Waals surface area (Å²) in [5.74, 6) is 0.419. The van der Waals surface area contributed by atoms with Crippen LogP contribution in [0.1, 0.15) is 12.7 Å². The summed E-state index contributed by atoms with van der Waals surface area (Å²) >= 11 is 5.98. The van der Waals surface area contributed by atoms with Crippen LogP contribution in [0.15, 0.2) is 41.0 Å². The summed E-state index contributed by atoms with van der Waals surface area (Å²) in [5.41, 5.74) is 0.0745. The average Bonchev–Trinajstić information content (AvgIpc) is 3.01. The maximum atomic E-state index is 12.3. The van der Waals surface area contributed by atoms with Crippen molar-refractivity contribution in [2.45, 2.75) is 19.5 Å². The van der Waals surface area contributed by atoms with Crippen molar-refractivity contribution in [3.63, 3.8) is 0 Å². The quantitative estimate of drug-likeness (QED) is 0.645. The first-order valence-corrected chi connectivity index (χ1v) is 7.23. The van der Waals surface area contributed by atoms with E-state index in [4.69, 9.17) is 16.0 Å². The highest BCUT2D eigenvalue weighted by Gasteiger charge is 2.20. The highest BCUT2D eigenvalue weighted by molar-refractivity contribution is 6.33. The molecule has 122 valence electrons. The van der Waals surface area contributed by atoms with Gasteiger partial charge in [0.05, 0.1) is 34.5 Å². The van der Waals surface area contributed by atoms with Gasteiger partial charge in [-0.25, -0.2) is 0 Å². The average molecular weight is 338 g/mol. The Morgan fingerprint density at radius 3 is 2.83 bits per heavy atom. The van der Waals surface area contributed by atoms with E-state index in [9.17, 15) is 14.9 Å². The molecule has 1 unspecified atom stereocenters. The molecule has 0 aliphatic rings. The molecular formula is C15H16ClN3O4. The second-order valence-corrected chi connectivity index (χ2v) is 5.49. The normalized spacial score (nSPS) is 12.2. The molecule has 1 heterocycles. The first-order chi connectivity index (χ1) is 10.9. The number of likely N-dealkylation sites (N-methyl/N-ethyl adjacent to an activating group) is 1. The van der Waals surface area contributed by atoms with Crippen LogP contribution in [-0.4, -0.2) is 28.8 Å². The summed E-state index contributed by atoms with van der Waals surface area (Å²) in [6.45, 7) is 2.19. The number of nitro groups is 1. The van der Waals surface area contributed by atoms with Crippen molar-refractivity contribution in [2.75, 3.05) is 12.4 Å². The van der Waals surface area contributed by atoms with Crippen molar-refractivity contribution in [3.05, 3.63) is 57.5 Å². The van der Waals surface area contributed by atoms with Gasteiger partial charge in [0.1, 0.15) is 5.76 Å². The molecule has 1 aromatic carbocycles. The van der Waals surface area contributed by atoms with Crippen LogP contribution in [0.2, 0.25) is 5.02 Å². The number of furan rings is 1. The molecule has 1 amide bonds. The smallest absolute Gasteiger partial charge is 0.271 e. The van der Waals surface area contributed by atoms with Gasteiger partial charge >= 0.3 is 0 Å². The molecule has 0 bridgehead atoms. The van der Waals surface area contributed by atoms with E-state index < -0.39 is 11.0 Å². The van der Waals surface area contributed by atoms with Gasteiger partial charge in [-0.05, 0) is 32.2 Å². The van der Waals surface area contributed by atoms with Gasteiger partial charge < -0.3 is 9.73 Å². The largest absolute Gasteiger partial charge is 0.468 e. The Morgan fingerprint density at radius 1 is 1.48 bits per heavy atom. The fourth-order valence-electron chi connectivity index (χ4n) is 1.95. The summed E-state index contributed by atoms with van der Waals surface area (Å²) in [4.78, 5) is 24.4. The lowest BCUT2D eigenvalue weighted by Crippen LogP contribution is -2.39. The maximum absolute atomic E-state index is 12.3. The predicted molar refractivity (Wildman–Crippen MR) is 86.4 cm³/mol. The van der Waals surface area contributed by atoms with Gasteiger partial charge in [0.25, 0.3) is 5.69 Å². The number of anilines is 1. The third kappa shape index (κ3) is 4.30. The first-order valence-electron chi connectivity index (χ1n) is 6.86.